The largest absolute Gasteiger partial charge is 0.310 e. The van der Waals surface area contributed by atoms with Crippen LogP contribution in [0.25, 0.3) is 0 Å². The molecule has 5 heteroatoms. The lowest BCUT2D eigenvalue weighted by molar-refractivity contribution is 0.0987. The van der Waals surface area contributed by atoms with E-state index < -0.39 is 0 Å². The first-order valence-corrected chi connectivity index (χ1v) is 6.36. The van der Waals surface area contributed by atoms with Crippen LogP contribution in [0, 0.1) is 0 Å². The molecule has 0 N–H and O–H groups in total. The highest BCUT2D eigenvalue weighted by molar-refractivity contribution is 6.29. The third-order valence-electron chi connectivity index (χ3n) is 2.89. The first-order valence-electron chi connectivity index (χ1n) is 5.98. The van der Waals surface area contributed by atoms with Gasteiger partial charge < -0.3 is 4.90 Å². The zero-order valence-corrected chi connectivity index (χ0v) is 11.6. The molecule has 0 aliphatic heterocycles. The minimum absolute atomic E-state index is 0.214. The third kappa shape index (κ3) is 3.09. The van der Waals surface area contributed by atoms with E-state index >= 15 is 0 Å². The smallest absolute Gasteiger partial charge is 0.278 e. The van der Waals surface area contributed by atoms with Crippen molar-refractivity contribution in [2.24, 2.45) is 0 Å². The second-order valence-corrected chi connectivity index (χ2v) is 4.51. The van der Waals surface area contributed by atoms with Crippen molar-refractivity contribution in [2.75, 3.05) is 11.9 Å². The number of aromatic nitrogens is 2. The van der Waals surface area contributed by atoms with Gasteiger partial charge in [0.2, 0.25) is 0 Å². The number of nitrogens with zero attached hydrogens (tertiary/aromatic N) is 3. The highest BCUT2D eigenvalue weighted by Crippen LogP contribution is 2.16. The average molecular weight is 276 g/mol. The maximum Gasteiger partial charge on any atom is 0.278 e. The molecule has 0 saturated carbocycles. The van der Waals surface area contributed by atoms with Gasteiger partial charge in [0.25, 0.3) is 5.91 Å². The Kier molecular flexibility index (Phi) is 4.12. The van der Waals surface area contributed by atoms with Gasteiger partial charge in [0, 0.05) is 12.7 Å². The van der Waals surface area contributed by atoms with Crippen molar-refractivity contribution >= 4 is 23.2 Å². The van der Waals surface area contributed by atoms with E-state index in [0.717, 1.165) is 12.1 Å². The van der Waals surface area contributed by atoms with Gasteiger partial charge in [0.15, 0.2) is 10.8 Å². The number of benzene rings is 1. The number of hydrogen-bond donors (Lipinski definition) is 0. The lowest BCUT2D eigenvalue weighted by Gasteiger charge is -2.16. The summed E-state index contributed by atoms with van der Waals surface area (Å²) in [5, 5.41) is 7.73. The topological polar surface area (TPSA) is 46.1 Å². The number of hydrogen-bond acceptors (Lipinski definition) is 3. The SMILES string of the molecule is CCc1ccc(N(C)C(=O)c2ccc(Cl)nn2)cc1. The Balaban J connectivity index is 2.20. The van der Waals surface area contributed by atoms with Crippen LogP contribution < -0.4 is 4.90 Å². The number of amides is 1. The second kappa shape index (κ2) is 5.80. The Morgan fingerprint density at radius 1 is 1.16 bits per heavy atom. The van der Waals surface area contributed by atoms with Gasteiger partial charge in [-0.2, -0.15) is 0 Å². The van der Waals surface area contributed by atoms with Crippen LogP contribution in [0.3, 0.4) is 0 Å². The molecule has 0 unspecified atom stereocenters. The normalized spacial score (nSPS) is 10.3. The highest BCUT2D eigenvalue weighted by atomic mass is 35.5. The summed E-state index contributed by atoms with van der Waals surface area (Å²) in [5.41, 5.74) is 2.32. The number of anilines is 1. The molecule has 2 rings (SSSR count). The fraction of sp³-hybridized carbons (Fsp3) is 0.214. The van der Waals surface area contributed by atoms with Crippen LogP contribution in [-0.2, 0) is 6.42 Å². The van der Waals surface area contributed by atoms with Crippen molar-refractivity contribution in [1.29, 1.82) is 0 Å². The van der Waals surface area contributed by atoms with Gasteiger partial charge in [-0.3, -0.25) is 4.79 Å². The van der Waals surface area contributed by atoms with Crippen molar-refractivity contribution < 1.29 is 4.79 Å². The van der Waals surface area contributed by atoms with Crippen LogP contribution in [0.1, 0.15) is 23.0 Å². The van der Waals surface area contributed by atoms with E-state index in [2.05, 4.69) is 17.1 Å². The molecule has 4 nitrogen and oxygen atoms in total. The van der Waals surface area contributed by atoms with Crippen molar-refractivity contribution in [2.45, 2.75) is 13.3 Å². The highest BCUT2D eigenvalue weighted by Gasteiger charge is 2.15. The van der Waals surface area contributed by atoms with E-state index in [0.29, 0.717) is 0 Å². The van der Waals surface area contributed by atoms with Crippen molar-refractivity contribution in [3.8, 4) is 0 Å². The maximum absolute atomic E-state index is 12.2. The standard InChI is InChI=1S/C14H14ClN3O/c1-3-10-4-6-11(7-5-10)18(2)14(19)12-8-9-13(15)17-16-12/h4-9H,3H2,1-2H3. The summed E-state index contributed by atoms with van der Waals surface area (Å²) in [4.78, 5) is 13.7. The second-order valence-electron chi connectivity index (χ2n) is 4.13. The molecule has 0 saturated heterocycles. The van der Waals surface area contributed by atoms with Crippen LogP contribution in [0.4, 0.5) is 5.69 Å². The molecule has 1 aromatic carbocycles. The number of halogens is 1. The van der Waals surface area contributed by atoms with E-state index in [-0.39, 0.29) is 16.8 Å². The molecule has 0 fully saturated rings. The molecule has 0 aliphatic carbocycles. The molecule has 2 aromatic rings. The maximum atomic E-state index is 12.2. The number of carbonyl (C=O) groups excluding carboxylic acids is 1. The van der Waals surface area contributed by atoms with Gasteiger partial charge in [-0.25, -0.2) is 0 Å². The van der Waals surface area contributed by atoms with E-state index in [9.17, 15) is 4.79 Å². The lowest BCUT2D eigenvalue weighted by atomic mass is 10.1. The average Bonchev–Trinajstić information content (AvgIpc) is 2.46. The molecule has 1 heterocycles. The van der Waals surface area contributed by atoms with E-state index in [1.54, 1.807) is 19.2 Å². The van der Waals surface area contributed by atoms with Crippen LogP contribution in [0.5, 0.6) is 0 Å². The Hall–Kier alpha value is -1.94. The van der Waals surface area contributed by atoms with Gasteiger partial charge in [-0.05, 0) is 36.2 Å². The molecule has 0 atom stereocenters. The van der Waals surface area contributed by atoms with Crippen LogP contribution in [0.2, 0.25) is 5.15 Å². The summed E-state index contributed by atoms with van der Waals surface area (Å²) in [6.45, 7) is 2.09. The predicted octanol–water partition coefficient (Wildman–Crippen LogP) is 2.97. The Labute approximate surface area is 117 Å². The first-order chi connectivity index (χ1) is 9.11. The van der Waals surface area contributed by atoms with Crippen LogP contribution in [-0.4, -0.2) is 23.2 Å². The lowest BCUT2D eigenvalue weighted by Crippen LogP contribution is -2.27. The molecule has 98 valence electrons. The van der Waals surface area contributed by atoms with Gasteiger partial charge in [0.1, 0.15) is 0 Å². The molecule has 0 aliphatic rings. The monoisotopic (exact) mass is 275 g/mol. The van der Waals surface area contributed by atoms with Crippen molar-refractivity contribution in [3.63, 3.8) is 0 Å². The molecular formula is C14H14ClN3O. The first kappa shape index (κ1) is 13.5. The predicted molar refractivity (Wildman–Crippen MR) is 75.6 cm³/mol. The summed E-state index contributed by atoms with van der Waals surface area (Å²) < 4.78 is 0. The number of rotatable bonds is 3. The number of aryl methyl sites for hydroxylation is 1. The molecule has 1 aromatic heterocycles. The van der Waals surface area contributed by atoms with E-state index in [1.165, 1.54) is 10.5 Å². The fourth-order valence-electron chi connectivity index (χ4n) is 1.67. The van der Waals surface area contributed by atoms with Crippen LogP contribution in [0.15, 0.2) is 36.4 Å². The molecule has 1 amide bonds. The number of carbonyl (C=O) groups is 1. The molecular weight excluding hydrogens is 262 g/mol. The van der Waals surface area contributed by atoms with Crippen molar-refractivity contribution in [3.05, 3.63) is 52.8 Å². The Morgan fingerprint density at radius 2 is 1.84 bits per heavy atom. The summed E-state index contributed by atoms with van der Waals surface area (Å²) in [5.74, 6) is -0.214. The molecule has 0 spiro atoms. The zero-order chi connectivity index (χ0) is 13.8. The third-order valence-corrected chi connectivity index (χ3v) is 3.09. The molecule has 0 bridgehead atoms. The van der Waals surface area contributed by atoms with E-state index in [1.807, 2.05) is 24.3 Å². The Morgan fingerprint density at radius 3 is 2.37 bits per heavy atom. The van der Waals surface area contributed by atoms with Crippen molar-refractivity contribution in [1.82, 2.24) is 10.2 Å². The summed E-state index contributed by atoms with van der Waals surface area (Å²) in [6.07, 6.45) is 0.973. The summed E-state index contributed by atoms with van der Waals surface area (Å²) in [7, 11) is 1.71. The minimum atomic E-state index is -0.214. The Bertz CT molecular complexity index is 566. The minimum Gasteiger partial charge on any atom is -0.310 e. The summed E-state index contributed by atoms with van der Waals surface area (Å²) in [6, 6.07) is 11.0. The van der Waals surface area contributed by atoms with Crippen LogP contribution >= 0.6 is 11.6 Å². The molecule has 0 radical (unpaired) electrons. The summed E-state index contributed by atoms with van der Waals surface area (Å²) >= 11 is 5.65. The quantitative estimate of drug-likeness (QED) is 0.865. The van der Waals surface area contributed by atoms with E-state index in [4.69, 9.17) is 11.6 Å². The molecule has 19 heavy (non-hydrogen) atoms. The van der Waals surface area contributed by atoms with Gasteiger partial charge in [0.05, 0.1) is 0 Å². The van der Waals surface area contributed by atoms with Gasteiger partial charge >= 0.3 is 0 Å². The van der Waals surface area contributed by atoms with Gasteiger partial charge in [-0.15, -0.1) is 10.2 Å². The van der Waals surface area contributed by atoms with Gasteiger partial charge in [-0.1, -0.05) is 30.7 Å². The zero-order valence-electron chi connectivity index (χ0n) is 10.8. The fourth-order valence-corrected chi connectivity index (χ4v) is 1.78.